The van der Waals surface area contributed by atoms with Crippen LogP contribution < -0.4 is 5.32 Å². The number of hydrogen-bond acceptors (Lipinski definition) is 4. The van der Waals surface area contributed by atoms with Gasteiger partial charge in [-0.2, -0.15) is 0 Å². The first-order chi connectivity index (χ1) is 7.34. The van der Waals surface area contributed by atoms with Crippen molar-refractivity contribution in [3.63, 3.8) is 0 Å². The molecular formula is C11H16N2O2. The van der Waals surface area contributed by atoms with E-state index in [0.29, 0.717) is 19.8 Å². The van der Waals surface area contributed by atoms with E-state index in [1.54, 1.807) is 0 Å². The minimum absolute atomic E-state index is 0.141. The summed E-state index contributed by atoms with van der Waals surface area (Å²) in [6.45, 7) is 4.83. The number of rotatable bonds is 3. The maximum atomic E-state index is 5.51. The van der Waals surface area contributed by atoms with Crippen LogP contribution in [0, 0.1) is 6.92 Å². The number of aromatic nitrogens is 1. The number of anilines is 1. The number of nitrogens with zero attached hydrogens (tertiary/aromatic N) is 1. The van der Waals surface area contributed by atoms with Crippen LogP contribution in [-0.4, -0.2) is 37.5 Å². The van der Waals surface area contributed by atoms with Gasteiger partial charge < -0.3 is 14.8 Å². The summed E-state index contributed by atoms with van der Waals surface area (Å²) < 4.78 is 10.8. The average molecular weight is 208 g/mol. The molecule has 1 aromatic rings. The van der Waals surface area contributed by atoms with E-state index in [2.05, 4.69) is 10.3 Å². The van der Waals surface area contributed by atoms with Crippen molar-refractivity contribution < 1.29 is 9.47 Å². The molecule has 4 nitrogen and oxygen atoms in total. The summed E-state index contributed by atoms with van der Waals surface area (Å²) in [5, 5.41) is 3.23. The van der Waals surface area contributed by atoms with Crippen molar-refractivity contribution in [3.8, 4) is 0 Å². The summed E-state index contributed by atoms with van der Waals surface area (Å²) in [6, 6.07) is 4.01. The van der Waals surface area contributed by atoms with Gasteiger partial charge in [-0.15, -0.1) is 0 Å². The van der Waals surface area contributed by atoms with Crippen molar-refractivity contribution in [1.29, 1.82) is 0 Å². The Labute approximate surface area is 89.6 Å². The fourth-order valence-electron chi connectivity index (χ4n) is 1.45. The van der Waals surface area contributed by atoms with Gasteiger partial charge in [0.1, 0.15) is 5.82 Å². The standard InChI is InChI=1S/C11H16N2O2/c1-9-2-3-11(12-6-9)13-7-10-8-14-4-5-15-10/h2-3,6,10H,4-5,7-8H2,1H3,(H,12,13). The lowest BCUT2D eigenvalue weighted by atomic mass is 10.3. The van der Waals surface area contributed by atoms with E-state index in [-0.39, 0.29) is 6.10 Å². The van der Waals surface area contributed by atoms with E-state index in [0.717, 1.165) is 17.9 Å². The topological polar surface area (TPSA) is 43.4 Å². The molecule has 1 atom stereocenters. The van der Waals surface area contributed by atoms with Gasteiger partial charge in [-0.1, -0.05) is 6.07 Å². The van der Waals surface area contributed by atoms with Gasteiger partial charge in [0.05, 0.1) is 25.9 Å². The van der Waals surface area contributed by atoms with Crippen molar-refractivity contribution >= 4 is 5.82 Å². The van der Waals surface area contributed by atoms with E-state index in [1.807, 2.05) is 25.3 Å². The molecule has 0 radical (unpaired) electrons. The van der Waals surface area contributed by atoms with Crippen molar-refractivity contribution in [1.82, 2.24) is 4.98 Å². The first-order valence-electron chi connectivity index (χ1n) is 5.20. The van der Waals surface area contributed by atoms with Crippen LogP contribution in [0.15, 0.2) is 18.3 Å². The van der Waals surface area contributed by atoms with Crippen LogP contribution in [0.3, 0.4) is 0 Å². The summed E-state index contributed by atoms with van der Waals surface area (Å²) in [4.78, 5) is 4.26. The molecular weight excluding hydrogens is 192 g/mol. The Kier molecular flexibility index (Phi) is 3.53. The molecule has 2 rings (SSSR count). The Balaban J connectivity index is 1.79. The highest BCUT2D eigenvalue weighted by atomic mass is 16.6. The monoisotopic (exact) mass is 208 g/mol. The number of pyridine rings is 1. The SMILES string of the molecule is Cc1ccc(NCC2COCCO2)nc1. The van der Waals surface area contributed by atoms with Crippen molar-refractivity contribution in [3.05, 3.63) is 23.9 Å². The Hall–Kier alpha value is -1.13. The number of aryl methyl sites for hydroxylation is 1. The predicted molar refractivity (Wildman–Crippen MR) is 58.0 cm³/mol. The molecule has 1 aliphatic heterocycles. The van der Waals surface area contributed by atoms with Crippen LogP contribution in [-0.2, 0) is 9.47 Å². The first-order valence-corrected chi connectivity index (χ1v) is 5.20. The van der Waals surface area contributed by atoms with Crippen LogP contribution in [0.2, 0.25) is 0 Å². The van der Waals surface area contributed by atoms with Crippen LogP contribution >= 0.6 is 0 Å². The Bertz CT molecular complexity index is 294. The van der Waals surface area contributed by atoms with Gasteiger partial charge in [0.15, 0.2) is 0 Å². The quantitative estimate of drug-likeness (QED) is 0.811. The highest BCUT2D eigenvalue weighted by Crippen LogP contribution is 2.06. The van der Waals surface area contributed by atoms with Crippen LogP contribution in [0.4, 0.5) is 5.82 Å². The molecule has 0 spiro atoms. The van der Waals surface area contributed by atoms with Crippen molar-refractivity contribution in [2.45, 2.75) is 13.0 Å². The molecule has 1 unspecified atom stereocenters. The normalized spacial score (nSPS) is 21.3. The van der Waals surface area contributed by atoms with Gasteiger partial charge in [-0.3, -0.25) is 0 Å². The number of hydrogen-bond donors (Lipinski definition) is 1. The summed E-state index contributed by atoms with van der Waals surface area (Å²) in [6.07, 6.45) is 1.99. The van der Waals surface area contributed by atoms with Crippen molar-refractivity contribution in [2.75, 3.05) is 31.7 Å². The smallest absolute Gasteiger partial charge is 0.125 e. The van der Waals surface area contributed by atoms with Crippen LogP contribution in [0.25, 0.3) is 0 Å². The fourth-order valence-corrected chi connectivity index (χ4v) is 1.45. The fraction of sp³-hybridized carbons (Fsp3) is 0.545. The number of nitrogens with one attached hydrogen (secondary N) is 1. The largest absolute Gasteiger partial charge is 0.376 e. The van der Waals surface area contributed by atoms with E-state index in [9.17, 15) is 0 Å². The van der Waals surface area contributed by atoms with Gasteiger partial charge in [-0.05, 0) is 18.6 Å². The van der Waals surface area contributed by atoms with Gasteiger partial charge in [-0.25, -0.2) is 4.98 Å². The first kappa shape index (κ1) is 10.4. The Morgan fingerprint density at radius 3 is 3.07 bits per heavy atom. The van der Waals surface area contributed by atoms with Gasteiger partial charge >= 0.3 is 0 Å². The molecule has 0 bridgehead atoms. The van der Waals surface area contributed by atoms with Gasteiger partial charge in [0.2, 0.25) is 0 Å². The summed E-state index contributed by atoms with van der Waals surface area (Å²) in [5.74, 6) is 0.884. The second kappa shape index (κ2) is 5.09. The lowest BCUT2D eigenvalue weighted by molar-refractivity contribution is -0.0819. The molecule has 1 aliphatic rings. The molecule has 15 heavy (non-hydrogen) atoms. The highest BCUT2D eigenvalue weighted by molar-refractivity contribution is 5.35. The lowest BCUT2D eigenvalue weighted by Crippen LogP contribution is -2.34. The van der Waals surface area contributed by atoms with E-state index in [1.165, 1.54) is 0 Å². The zero-order chi connectivity index (χ0) is 10.5. The molecule has 0 aromatic carbocycles. The summed E-state index contributed by atoms with van der Waals surface area (Å²) >= 11 is 0. The third-order valence-electron chi connectivity index (χ3n) is 2.31. The minimum Gasteiger partial charge on any atom is -0.376 e. The molecule has 1 saturated heterocycles. The average Bonchev–Trinajstić information content (AvgIpc) is 2.30. The molecule has 0 aliphatic carbocycles. The summed E-state index contributed by atoms with van der Waals surface area (Å²) in [5.41, 5.74) is 1.16. The Morgan fingerprint density at radius 1 is 1.47 bits per heavy atom. The molecule has 1 N–H and O–H groups in total. The zero-order valence-electron chi connectivity index (χ0n) is 8.90. The maximum absolute atomic E-state index is 5.51. The molecule has 4 heteroatoms. The predicted octanol–water partition coefficient (Wildman–Crippen LogP) is 1.22. The molecule has 82 valence electrons. The zero-order valence-corrected chi connectivity index (χ0v) is 8.90. The van der Waals surface area contributed by atoms with Gasteiger partial charge in [0.25, 0.3) is 0 Å². The van der Waals surface area contributed by atoms with Crippen LogP contribution in [0.5, 0.6) is 0 Å². The molecule has 1 fully saturated rings. The van der Waals surface area contributed by atoms with Crippen molar-refractivity contribution in [2.24, 2.45) is 0 Å². The second-order valence-electron chi connectivity index (χ2n) is 3.67. The van der Waals surface area contributed by atoms with Gasteiger partial charge in [0, 0.05) is 12.7 Å². The third kappa shape index (κ3) is 3.18. The van der Waals surface area contributed by atoms with E-state index in [4.69, 9.17) is 9.47 Å². The van der Waals surface area contributed by atoms with Crippen LogP contribution in [0.1, 0.15) is 5.56 Å². The van der Waals surface area contributed by atoms with E-state index < -0.39 is 0 Å². The molecule has 0 saturated carbocycles. The minimum atomic E-state index is 0.141. The second-order valence-corrected chi connectivity index (χ2v) is 3.67. The molecule has 2 heterocycles. The highest BCUT2D eigenvalue weighted by Gasteiger charge is 2.13. The third-order valence-corrected chi connectivity index (χ3v) is 2.31. The maximum Gasteiger partial charge on any atom is 0.125 e. The summed E-state index contributed by atoms with van der Waals surface area (Å²) in [7, 11) is 0. The van der Waals surface area contributed by atoms with E-state index >= 15 is 0 Å². The molecule has 1 aromatic heterocycles. The Morgan fingerprint density at radius 2 is 2.40 bits per heavy atom. The number of ether oxygens (including phenoxy) is 2. The lowest BCUT2D eigenvalue weighted by Gasteiger charge is -2.23. The molecule has 0 amide bonds.